The van der Waals surface area contributed by atoms with Crippen molar-refractivity contribution in [2.45, 2.75) is 31.3 Å². The van der Waals surface area contributed by atoms with Crippen molar-refractivity contribution in [2.75, 3.05) is 6.54 Å². The van der Waals surface area contributed by atoms with Crippen LogP contribution in [0.2, 0.25) is 0 Å². The van der Waals surface area contributed by atoms with E-state index in [1.807, 2.05) is 30.3 Å². The summed E-state index contributed by atoms with van der Waals surface area (Å²) in [5, 5.41) is 15.2. The van der Waals surface area contributed by atoms with Crippen molar-refractivity contribution in [1.29, 1.82) is 5.26 Å². The van der Waals surface area contributed by atoms with Crippen LogP contribution in [0.25, 0.3) is 0 Å². The molecule has 1 amide bonds. The molecule has 2 N–H and O–H groups in total. The lowest BCUT2D eigenvalue weighted by Gasteiger charge is -2.28. The van der Waals surface area contributed by atoms with E-state index in [0.717, 1.165) is 12.0 Å². The van der Waals surface area contributed by atoms with Crippen LogP contribution >= 0.6 is 0 Å². The van der Waals surface area contributed by atoms with Crippen LogP contribution in [0.15, 0.2) is 30.3 Å². The molecule has 2 rings (SSSR count). The Bertz CT molecular complexity index is 428. The highest BCUT2D eigenvalue weighted by Crippen LogP contribution is 2.18. The minimum absolute atomic E-state index is 0.0382. The second-order valence-corrected chi connectivity index (χ2v) is 4.53. The molecular weight excluding hydrogens is 226 g/mol. The van der Waals surface area contributed by atoms with Crippen LogP contribution in [-0.2, 0) is 4.79 Å². The lowest BCUT2D eigenvalue weighted by Crippen LogP contribution is -2.46. The third-order valence-electron chi connectivity index (χ3n) is 3.20. The number of nitrogens with zero attached hydrogens (tertiary/aromatic N) is 1. The van der Waals surface area contributed by atoms with Gasteiger partial charge in [-0.25, -0.2) is 0 Å². The minimum Gasteiger partial charge on any atom is -0.355 e. The fourth-order valence-corrected chi connectivity index (χ4v) is 2.21. The molecule has 4 nitrogen and oxygen atoms in total. The highest BCUT2D eigenvalue weighted by Gasteiger charge is 2.21. The number of carbonyl (C=O) groups excluding carboxylic acids is 1. The van der Waals surface area contributed by atoms with Crippen molar-refractivity contribution < 1.29 is 4.79 Å². The predicted octanol–water partition coefficient (Wildman–Crippen LogP) is 1.51. The normalized spacial score (nSPS) is 20.8. The van der Waals surface area contributed by atoms with E-state index in [2.05, 4.69) is 16.7 Å². The second kappa shape index (κ2) is 6.18. The maximum Gasteiger partial charge on any atom is 0.220 e. The largest absolute Gasteiger partial charge is 0.355 e. The molecule has 1 aliphatic heterocycles. The summed E-state index contributed by atoms with van der Waals surface area (Å²) in [4.78, 5) is 11.1. The lowest BCUT2D eigenvalue weighted by molar-refractivity contribution is -0.122. The van der Waals surface area contributed by atoms with E-state index in [0.29, 0.717) is 19.4 Å². The highest BCUT2D eigenvalue weighted by molar-refractivity contribution is 5.76. The predicted molar refractivity (Wildman–Crippen MR) is 68.6 cm³/mol. The third-order valence-corrected chi connectivity index (χ3v) is 3.20. The average molecular weight is 243 g/mol. The molecule has 0 saturated carbocycles. The Morgan fingerprint density at radius 3 is 2.83 bits per heavy atom. The number of piperidine rings is 1. The van der Waals surface area contributed by atoms with E-state index >= 15 is 0 Å². The molecule has 94 valence electrons. The smallest absolute Gasteiger partial charge is 0.220 e. The van der Waals surface area contributed by atoms with Crippen molar-refractivity contribution in [1.82, 2.24) is 10.6 Å². The van der Waals surface area contributed by atoms with Crippen LogP contribution in [0.5, 0.6) is 0 Å². The first-order valence-corrected chi connectivity index (χ1v) is 6.24. The third kappa shape index (κ3) is 3.31. The molecule has 1 fully saturated rings. The summed E-state index contributed by atoms with van der Waals surface area (Å²) in [6.45, 7) is 0.646. The van der Waals surface area contributed by atoms with Gasteiger partial charge in [-0.15, -0.1) is 0 Å². The first-order chi connectivity index (χ1) is 8.79. The minimum atomic E-state index is 0.0382. The van der Waals surface area contributed by atoms with E-state index in [4.69, 9.17) is 5.26 Å². The summed E-state index contributed by atoms with van der Waals surface area (Å²) in [6.07, 6.45) is 1.83. The van der Waals surface area contributed by atoms with Gasteiger partial charge in [-0.3, -0.25) is 4.79 Å². The van der Waals surface area contributed by atoms with Gasteiger partial charge in [0.15, 0.2) is 0 Å². The first-order valence-electron chi connectivity index (χ1n) is 6.24. The molecule has 0 bridgehead atoms. The molecular formula is C14H17N3O. The SMILES string of the molecule is N#CCC(NC1CCC(=O)NC1)c1ccccc1. The molecule has 1 saturated heterocycles. The van der Waals surface area contributed by atoms with Gasteiger partial charge in [0.05, 0.1) is 12.5 Å². The van der Waals surface area contributed by atoms with E-state index in [-0.39, 0.29) is 18.0 Å². The standard InChI is InChI=1S/C14H17N3O/c15-9-8-13(11-4-2-1-3-5-11)17-12-6-7-14(18)16-10-12/h1-5,12-13,17H,6-8,10H2,(H,16,18). The Labute approximate surface area is 107 Å². The summed E-state index contributed by atoms with van der Waals surface area (Å²) < 4.78 is 0. The average Bonchev–Trinajstić information content (AvgIpc) is 2.42. The maximum atomic E-state index is 11.1. The van der Waals surface area contributed by atoms with Gasteiger partial charge in [0, 0.05) is 25.0 Å². The lowest BCUT2D eigenvalue weighted by atomic mass is 10.0. The number of benzene rings is 1. The van der Waals surface area contributed by atoms with Crippen LogP contribution in [-0.4, -0.2) is 18.5 Å². The number of hydrogen-bond acceptors (Lipinski definition) is 3. The molecule has 0 radical (unpaired) electrons. The Balaban J connectivity index is 1.99. The molecule has 0 aromatic heterocycles. The van der Waals surface area contributed by atoms with Crippen molar-refractivity contribution in [2.24, 2.45) is 0 Å². The Hall–Kier alpha value is -1.86. The van der Waals surface area contributed by atoms with Gasteiger partial charge in [-0.1, -0.05) is 30.3 Å². The summed E-state index contributed by atoms with van der Waals surface area (Å²) >= 11 is 0. The number of nitriles is 1. The number of hydrogen-bond donors (Lipinski definition) is 2. The zero-order valence-corrected chi connectivity index (χ0v) is 10.2. The summed E-state index contributed by atoms with van der Waals surface area (Å²) in [7, 11) is 0. The molecule has 0 spiro atoms. The van der Waals surface area contributed by atoms with Gasteiger partial charge in [-0.05, 0) is 12.0 Å². The molecule has 1 heterocycles. The Morgan fingerprint density at radius 2 is 2.22 bits per heavy atom. The fraction of sp³-hybridized carbons (Fsp3) is 0.429. The Kier molecular flexibility index (Phi) is 4.32. The van der Waals surface area contributed by atoms with Gasteiger partial charge in [0.1, 0.15) is 0 Å². The van der Waals surface area contributed by atoms with E-state index < -0.39 is 0 Å². The van der Waals surface area contributed by atoms with Gasteiger partial charge in [-0.2, -0.15) is 5.26 Å². The molecule has 4 heteroatoms. The van der Waals surface area contributed by atoms with Crippen molar-refractivity contribution in [3.63, 3.8) is 0 Å². The van der Waals surface area contributed by atoms with Crippen molar-refractivity contribution in [3.8, 4) is 6.07 Å². The summed E-state index contributed by atoms with van der Waals surface area (Å²) in [6, 6.07) is 12.5. The fourth-order valence-electron chi connectivity index (χ4n) is 2.21. The molecule has 1 aromatic carbocycles. The van der Waals surface area contributed by atoms with Crippen LogP contribution in [0, 0.1) is 11.3 Å². The highest BCUT2D eigenvalue weighted by atomic mass is 16.1. The van der Waals surface area contributed by atoms with Crippen LogP contribution in [0.1, 0.15) is 30.9 Å². The van der Waals surface area contributed by atoms with Gasteiger partial charge in [0.2, 0.25) is 5.91 Å². The maximum absolute atomic E-state index is 11.1. The number of amides is 1. The number of carbonyl (C=O) groups is 1. The van der Waals surface area contributed by atoms with Gasteiger partial charge in [0.25, 0.3) is 0 Å². The molecule has 2 atom stereocenters. The number of rotatable bonds is 4. The van der Waals surface area contributed by atoms with E-state index in [9.17, 15) is 4.79 Å². The quantitative estimate of drug-likeness (QED) is 0.842. The van der Waals surface area contributed by atoms with Gasteiger partial charge >= 0.3 is 0 Å². The Morgan fingerprint density at radius 1 is 1.44 bits per heavy atom. The van der Waals surface area contributed by atoms with Crippen LogP contribution < -0.4 is 10.6 Å². The van der Waals surface area contributed by atoms with Gasteiger partial charge < -0.3 is 10.6 Å². The topological polar surface area (TPSA) is 64.9 Å². The monoisotopic (exact) mass is 243 g/mol. The zero-order chi connectivity index (χ0) is 12.8. The second-order valence-electron chi connectivity index (χ2n) is 4.53. The summed E-state index contributed by atoms with van der Waals surface area (Å²) in [5.74, 6) is 0.115. The van der Waals surface area contributed by atoms with Crippen molar-refractivity contribution >= 4 is 5.91 Å². The first kappa shape index (κ1) is 12.6. The zero-order valence-electron chi connectivity index (χ0n) is 10.2. The van der Waals surface area contributed by atoms with E-state index in [1.54, 1.807) is 0 Å². The van der Waals surface area contributed by atoms with Crippen LogP contribution in [0.4, 0.5) is 0 Å². The molecule has 0 aliphatic carbocycles. The molecule has 2 unspecified atom stereocenters. The molecule has 1 aromatic rings. The number of nitrogens with one attached hydrogen (secondary N) is 2. The summed E-state index contributed by atoms with van der Waals surface area (Å²) in [5.41, 5.74) is 1.12. The molecule has 18 heavy (non-hydrogen) atoms. The molecule has 1 aliphatic rings. The van der Waals surface area contributed by atoms with Crippen LogP contribution in [0.3, 0.4) is 0 Å². The van der Waals surface area contributed by atoms with Crippen molar-refractivity contribution in [3.05, 3.63) is 35.9 Å². The van der Waals surface area contributed by atoms with E-state index in [1.165, 1.54) is 0 Å².